The van der Waals surface area contributed by atoms with Gasteiger partial charge in [0, 0.05) is 31.3 Å². The highest BCUT2D eigenvalue weighted by molar-refractivity contribution is 6.03. The molecule has 2 heterocycles. The molecule has 9 heteroatoms. The SMILES string of the molecule is Cc1nc2cc(NC(=O)[C@@H]3CC(=O)N(c4cccc(C(F)(F)F)c4)C3)ccc2o1. The van der Waals surface area contributed by atoms with Gasteiger partial charge in [-0.15, -0.1) is 0 Å². The Morgan fingerprint density at radius 2 is 2.03 bits per heavy atom. The van der Waals surface area contributed by atoms with E-state index in [-0.39, 0.29) is 24.6 Å². The van der Waals surface area contributed by atoms with Gasteiger partial charge >= 0.3 is 6.18 Å². The highest BCUT2D eigenvalue weighted by Crippen LogP contribution is 2.33. The third kappa shape index (κ3) is 3.80. The Kier molecular flexibility index (Phi) is 4.52. The normalized spacial score (nSPS) is 17.2. The van der Waals surface area contributed by atoms with Gasteiger partial charge in [0.2, 0.25) is 11.8 Å². The number of aromatic nitrogens is 1. The molecule has 1 aliphatic rings. The fourth-order valence-electron chi connectivity index (χ4n) is 3.35. The lowest BCUT2D eigenvalue weighted by atomic mass is 10.1. The summed E-state index contributed by atoms with van der Waals surface area (Å²) in [5.41, 5.74) is 0.966. The van der Waals surface area contributed by atoms with Gasteiger partial charge in [0.05, 0.1) is 11.5 Å². The summed E-state index contributed by atoms with van der Waals surface area (Å²) in [5, 5.41) is 2.73. The van der Waals surface area contributed by atoms with E-state index in [1.807, 2.05) is 0 Å². The molecule has 6 nitrogen and oxygen atoms in total. The molecule has 0 bridgehead atoms. The van der Waals surface area contributed by atoms with E-state index in [4.69, 9.17) is 4.42 Å². The molecule has 1 aliphatic heterocycles. The van der Waals surface area contributed by atoms with E-state index in [0.717, 1.165) is 12.1 Å². The van der Waals surface area contributed by atoms with Crippen LogP contribution in [-0.2, 0) is 15.8 Å². The van der Waals surface area contributed by atoms with Gasteiger partial charge in [-0.05, 0) is 36.4 Å². The second kappa shape index (κ2) is 6.91. The fraction of sp³-hybridized carbons (Fsp3) is 0.250. The standard InChI is InChI=1S/C20H16F3N3O3/c1-11-24-16-9-14(5-6-17(16)29-11)25-19(28)12-7-18(27)26(10-12)15-4-2-3-13(8-15)20(21,22)23/h2-6,8-9,12H,7,10H2,1H3,(H,25,28)/t12-/m1/s1. The first kappa shape index (κ1) is 19.0. The van der Waals surface area contributed by atoms with E-state index in [9.17, 15) is 22.8 Å². The van der Waals surface area contributed by atoms with Crippen LogP contribution in [0.2, 0.25) is 0 Å². The molecule has 0 unspecified atom stereocenters. The van der Waals surface area contributed by atoms with Gasteiger partial charge in [-0.25, -0.2) is 4.98 Å². The minimum Gasteiger partial charge on any atom is -0.441 e. The van der Waals surface area contributed by atoms with Crippen molar-refractivity contribution in [3.8, 4) is 0 Å². The lowest BCUT2D eigenvalue weighted by Gasteiger charge is -2.18. The van der Waals surface area contributed by atoms with E-state index in [1.54, 1.807) is 25.1 Å². The largest absolute Gasteiger partial charge is 0.441 e. The van der Waals surface area contributed by atoms with Gasteiger partial charge in [0.15, 0.2) is 11.5 Å². The summed E-state index contributed by atoms with van der Waals surface area (Å²) in [5.74, 6) is -0.951. The molecule has 1 N–H and O–H groups in total. The summed E-state index contributed by atoms with van der Waals surface area (Å²) in [6.45, 7) is 1.72. The van der Waals surface area contributed by atoms with Crippen LogP contribution >= 0.6 is 0 Å². The van der Waals surface area contributed by atoms with Crippen LogP contribution in [0, 0.1) is 12.8 Å². The van der Waals surface area contributed by atoms with Crippen LogP contribution in [0.5, 0.6) is 0 Å². The zero-order valence-corrected chi connectivity index (χ0v) is 15.3. The van der Waals surface area contributed by atoms with Crippen molar-refractivity contribution in [2.24, 2.45) is 5.92 Å². The maximum Gasteiger partial charge on any atom is 0.416 e. The second-order valence-corrected chi connectivity index (χ2v) is 6.86. The Bertz CT molecular complexity index is 1110. The first-order chi connectivity index (χ1) is 13.7. The van der Waals surface area contributed by atoms with Crippen molar-refractivity contribution in [3.63, 3.8) is 0 Å². The minimum absolute atomic E-state index is 0.0112. The summed E-state index contributed by atoms with van der Waals surface area (Å²) in [4.78, 5) is 30.3. The molecule has 1 saturated heterocycles. The quantitative estimate of drug-likeness (QED) is 0.713. The van der Waals surface area contributed by atoms with Crippen molar-refractivity contribution in [2.45, 2.75) is 19.5 Å². The number of hydrogen-bond acceptors (Lipinski definition) is 4. The molecule has 0 spiro atoms. The number of nitrogens with zero attached hydrogens (tertiary/aromatic N) is 2. The molecule has 1 atom stereocenters. The molecular weight excluding hydrogens is 387 g/mol. The summed E-state index contributed by atoms with van der Waals surface area (Å²) in [7, 11) is 0. The number of rotatable bonds is 3. The number of carbonyl (C=O) groups excluding carboxylic acids is 2. The Balaban J connectivity index is 1.49. The Hall–Kier alpha value is -3.36. The van der Waals surface area contributed by atoms with Crippen LogP contribution in [-0.4, -0.2) is 23.3 Å². The number of hydrogen-bond donors (Lipinski definition) is 1. The number of nitrogens with one attached hydrogen (secondary N) is 1. The monoisotopic (exact) mass is 403 g/mol. The molecule has 0 aliphatic carbocycles. The second-order valence-electron chi connectivity index (χ2n) is 6.86. The molecule has 2 aromatic carbocycles. The van der Waals surface area contributed by atoms with Crippen molar-refractivity contribution in [1.82, 2.24) is 4.98 Å². The zero-order valence-electron chi connectivity index (χ0n) is 15.3. The predicted molar refractivity (Wildman–Crippen MR) is 99.3 cm³/mol. The summed E-state index contributed by atoms with van der Waals surface area (Å²) in [6, 6.07) is 9.52. The molecule has 1 fully saturated rings. The number of amides is 2. The number of carbonyl (C=O) groups is 2. The molecule has 1 aromatic heterocycles. The lowest BCUT2D eigenvalue weighted by molar-refractivity contribution is -0.137. The van der Waals surface area contributed by atoms with Crippen LogP contribution in [0.1, 0.15) is 17.9 Å². The first-order valence-corrected chi connectivity index (χ1v) is 8.86. The number of anilines is 2. The number of fused-ring (bicyclic) bond motifs is 1. The maximum atomic E-state index is 12.9. The van der Waals surface area contributed by atoms with Crippen molar-refractivity contribution in [2.75, 3.05) is 16.8 Å². The van der Waals surface area contributed by atoms with Crippen LogP contribution in [0.3, 0.4) is 0 Å². The fourth-order valence-corrected chi connectivity index (χ4v) is 3.35. The molecule has 4 rings (SSSR count). The maximum absolute atomic E-state index is 12.9. The highest BCUT2D eigenvalue weighted by Gasteiger charge is 2.37. The van der Waals surface area contributed by atoms with E-state index in [2.05, 4.69) is 10.3 Å². The van der Waals surface area contributed by atoms with Gasteiger partial charge in [0.1, 0.15) is 5.52 Å². The van der Waals surface area contributed by atoms with Gasteiger partial charge in [-0.3, -0.25) is 9.59 Å². The lowest BCUT2D eigenvalue weighted by Crippen LogP contribution is -2.28. The average Bonchev–Trinajstić information content (AvgIpc) is 3.22. The van der Waals surface area contributed by atoms with Crippen molar-refractivity contribution in [3.05, 3.63) is 53.9 Å². The molecule has 29 heavy (non-hydrogen) atoms. The van der Waals surface area contributed by atoms with Gasteiger partial charge in [-0.1, -0.05) is 6.07 Å². The zero-order chi connectivity index (χ0) is 20.8. The first-order valence-electron chi connectivity index (χ1n) is 8.86. The minimum atomic E-state index is -4.51. The van der Waals surface area contributed by atoms with E-state index >= 15 is 0 Å². The Morgan fingerprint density at radius 3 is 2.79 bits per heavy atom. The summed E-state index contributed by atoms with van der Waals surface area (Å²) >= 11 is 0. The van der Waals surface area contributed by atoms with Gasteiger partial charge in [-0.2, -0.15) is 13.2 Å². The molecule has 2 amide bonds. The summed E-state index contributed by atoms with van der Waals surface area (Å²) < 4.78 is 44.2. The van der Waals surface area contributed by atoms with Crippen LogP contribution in [0.25, 0.3) is 11.1 Å². The third-order valence-electron chi connectivity index (χ3n) is 4.74. The van der Waals surface area contributed by atoms with E-state index in [1.165, 1.54) is 17.0 Å². The number of benzene rings is 2. The highest BCUT2D eigenvalue weighted by atomic mass is 19.4. The number of oxazole rings is 1. The Morgan fingerprint density at radius 1 is 1.24 bits per heavy atom. The van der Waals surface area contributed by atoms with E-state index < -0.39 is 23.6 Å². The van der Waals surface area contributed by atoms with Crippen LogP contribution < -0.4 is 10.2 Å². The van der Waals surface area contributed by atoms with E-state index in [0.29, 0.717) is 22.7 Å². The summed E-state index contributed by atoms with van der Waals surface area (Å²) in [6.07, 6.45) is -4.58. The molecular formula is C20H16F3N3O3. The van der Waals surface area contributed by atoms with Crippen molar-refractivity contribution in [1.29, 1.82) is 0 Å². The molecule has 0 radical (unpaired) electrons. The molecule has 3 aromatic rings. The topological polar surface area (TPSA) is 75.4 Å². The number of halogens is 3. The predicted octanol–water partition coefficient (Wildman–Crippen LogP) is 4.15. The van der Waals surface area contributed by atoms with Gasteiger partial charge < -0.3 is 14.6 Å². The molecule has 150 valence electrons. The smallest absolute Gasteiger partial charge is 0.416 e. The van der Waals surface area contributed by atoms with Crippen molar-refractivity contribution >= 4 is 34.3 Å². The number of aryl methyl sites for hydroxylation is 1. The van der Waals surface area contributed by atoms with Crippen LogP contribution in [0.4, 0.5) is 24.5 Å². The molecule has 0 saturated carbocycles. The van der Waals surface area contributed by atoms with Crippen molar-refractivity contribution < 1.29 is 27.2 Å². The number of alkyl halides is 3. The van der Waals surface area contributed by atoms with Crippen LogP contribution in [0.15, 0.2) is 46.9 Å². The third-order valence-corrected chi connectivity index (χ3v) is 4.74. The Labute approximate surface area is 163 Å². The average molecular weight is 403 g/mol. The van der Waals surface area contributed by atoms with Gasteiger partial charge in [0.25, 0.3) is 0 Å².